The lowest BCUT2D eigenvalue weighted by molar-refractivity contribution is -0.142. The van der Waals surface area contributed by atoms with Gasteiger partial charge in [-0.15, -0.1) is 10.2 Å². The van der Waals surface area contributed by atoms with Gasteiger partial charge in [0, 0.05) is 37.9 Å². The summed E-state index contributed by atoms with van der Waals surface area (Å²) in [7, 11) is 0. The van der Waals surface area contributed by atoms with Gasteiger partial charge in [-0.3, -0.25) is 9.59 Å². The molecule has 148 valence electrons. The second-order valence-electron chi connectivity index (χ2n) is 8.16. The molecule has 1 atom stereocenters. The molecule has 2 amide bonds. The molecule has 1 unspecified atom stereocenters. The Balaban J connectivity index is 1.42. The van der Waals surface area contributed by atoms with Gasteiger partial charge in [-0.1, -0.05) is 13.3 Å². The summed E-state index contributed by atoms with van der Waals surface area (Å²) in [6, 6.07) is -0.0603. The molecule has 0 aromatic carbocycles. The van der Waals surface area contributed by atoms with E-state index in [0.717, 1.165) is 64.6 Å². The first-order valence-corrected chi connectivity index (χ1v) is 10.6. The molecule has 1 saturated carbocycles. The Morgan fingerprint density at radius 2 is 1.70 bits per heavy atom. The van der Waals surface area contributed by atoms with Crippen molar-refractivity contribution in [2.45, 2.75) is 76.7 Å². The number of carbonyl (C=O) groups excluding carboxylic acids is 2. The van der Waals surface area contributed by atoms with Crippen molar-refractivity contribution in [2.75, 3.05) is 19.6 Å². The second-order valence-corrected chi connectivity index (χ2v) is 8.16. The molecule has 3 heterocycles. The predicted molar refractivity (Wildman–Crippen MR) is 98.8 cm³/mol. The van der Waals surface area contributed by atoms with Crippen LogP contribution in [0.5, 0.6) is 0 Å². The van der Waals surface area contributed by atoms with Gasteiger partial charge in [0.2, 0.25) is 23.6 Å². The first kappa shape index (κ1) is 18.4. The molecule has 0 radical (unpaired) electrons. The van der Waals surface area contributed by atoms with Crippen LogP contribution in [-0.4, -0.2) is 51.4 Å². The van der Waals surface area contributed by atoms with Gasteiger partial charge in [-0.25, -0.2) is 0 Å². The van der Waals surface area contributed by atoms with Gasteiger partial charge in [0.25, 0.3) is 0 Å². The van der Waals surface area contributed by atoms with Crippen molar-refractivity contribution in [3.8, 4) is 0 Å². The second kappa shape index (κ2) is 7.98. The van der Waals surface area contributed by atoms with E-state index in [4.69, 9.17) is 4.42 Å². The van der Waals surface area contributed by atoms with Crippen molar-refractivity contribution in [3.63, 3.8) is 0 Å². The van der Waals surface area contributed by atoms with Crippen molar-refractivity contribution in [2.24, 2.45) is 5.92 Å². The molecular formula is C20H30N4O3. The number of rotatable bonds is 4. The molecule has 4 rings (SSSR count). The van der Waals surface area contributed by atoms with E-state index in [1.165, 1.54) is 6.42 Å². The van der Waals surface area contributed by atoms with E-state index in [9.17, 15) is 9.59 Å². The molecule has 1 aliphatic carbocycles. The van der Waals surface area contributed by atoms with Crippen molar-refractivity contribution in [3.05, 3.63) is 11.8 Å². The number of aromatic nitrogens is 2. The highest BCUT2D eigenvalue weighted by Crippen LogP contribution is 2.37. The summed E-state index contributed by atoms with van der Waals surface area (Å²) < 4.78 is 6.08. The Morgan fingerprint density at radius 3 is 2.37 bits per heavy atom. The Bertz CT molecular complexity index is 677. The van der Waals surface area contributed by atoms with E-state index in [0.29, 0.717) is 18.2 Å². The van der Waals surface area contributed by atoms with Gasteiger partial charge >= 0.3 is 0 Å². The molecule has 7 heteroatoms. The molecule has 2 saturated heterocycles. The van der Waals surface area contributed by atoms with Crippen molar-refractivity contribution < 1.29 is 14.0 Å². The molecule has 0 spiro atoms. The first-order chi connectivity index (χ1) is 13.2. The Labute approximate surface area is 160 Å². The zero-order chi connectivity index (χ0) is 18.8. The smallest absolute Gasteiger partial charge is 0.238 e. The summed E-state index contributed by atoms with van der Waals surface area (Å²) in [6.45, 7) is 4.21. The molecule has 2 aliphatic heterocycles. The summed E-state index contributed by atoms with van der Waals surface area (Å²) in [4.78, 5) is 28.6. The van der Waals surface area contributed by atoms with Crippen LogP contribution in [0.4, 0.5) is 0 Å². The van der Waals surface area contributed by atoms with Crippen LogP contribution in [-0.2, 0) is 9.59 Å². The minimum atomic E-state index is -0.0603. The van der Waals surface area contributed by atoms with E-state index in [1.54, 1.807) is 0 Å². The predicted octanol–water partition coefficient (Wildman–Crippen LogP) is 3.04. The van der Waals surface area contributed by atoms with E-state index < -0.39 is 0 Å². The fourth-order valence-electron chi connectivity index (χ4n) is 4.49. The van der Waals surface area contributed by atoms with Crippen LogP contribution in [0, 0.1) is 5.92 Å². The fourth-order valence-corrected chi connectivity index (χ4v) is 4.49. The normalized spacial score (nSPS) is 24.7. The minimum Gasteiger partial charge on any atom is -0.423 e. The molecule has 7 nitrogen and oxygen atoms in total. The number of hydrogen-bond acceptors (Lipinski definition) is 5. The third-order valence-corrected chi connectivity index (χ3v) is 6.48. The number of likely N-dealkylation sites (tertiary alicyclic amines) is 2. The number of amides is 2. The summed E-state index contributed by atoms with van der Waals surface area (Å²) in [5.41, 5.74) is 0. The maximum Gasteiger partial charge on any atom is 0.238 e. The van der Waals surface area contributed by atoms with Crippen molar-refractivity contribution in [1.29, 1.82) is 0 Å². The maximum atomic E-state index is 12.8. The average Bonchev–Trinajstić information content (AvgIpc) is 3.16. The van der Waals surface area contributed by atoms with Crippen LogP contribution in [0.2, 0.25) is 0 Å². The van der Waals surface area contributed by atoms with Crippen molar-refractivity contribution in [1.82, 2.24) is 20.0 Å². The molecule has 3 aliphatic rings. The van der Waals surface area contributed by atoms with Crippen LogP contribution < -0.4 is 0 Å². The molecule has 0 N–H and O–H groups in total. The van der Waals surface area contributed by atoms with E-state index in [2.05, 4.69) is 10.2 Å². The highest BCUT2D eigenvalue weighted by atomic mass is 16.4. The lowest BCUT2D eigenvalue weighted by Gasteiger charge is -2.38. The van der Waals surface area contributed by atoms with Crippen LogP contribution >= 0.6 is 0 Å². The van der Waals surface area contributed by atoms with E-state index in [-0.39, 0.29) is 29.7 Å². The zero-order valence-electron chi connectivity index (χ0n) is 16.2. The number of carbonyl (C=O) groups is 2. The Hall–Kier alpha value is -1.92. The standard InChI is InChI=1S/C20H30N4O3/c1-2-17(25)23-12-9-14(10-13-23)18-21-22-19(27-18)16-8-3-4-11-24(16)20(26)15-6-5-7-15/h14-16H,2-13H2,1H3. The van der Waals surface area contributed by atoms with Crippen LogP contribution in [0.1, 0.15) is 88.5 Å². The fraction of sp³-hybridized carbons (Fsp3) is 0.800. The summed E-state index contributed by atoms with van der Waals surface area (Å²) in [6.07, 6.45) is 8.54. The molecule has 3 fully saturated rings. The van der Waals surface area contributed by atoms with Crippen LogP contribution in [0.25, 0.3) is 0 Å². The molecule has 0 bridgehead atoms. The number of piperidine rings is 2. The van der Waals surface area contributed by atoms with Crippen LogP contribution in [0.15, 0.2) is 4.42 Å². The summed E-state index contributed by atoms with van der Waals surface area (Å²) >= 11 is 0. The number of hydrogen-bond donors (Lipinski definition) is 0. The lowest BCUT2D eigenvalue weighted by Crippen LogP contribution is -2.43. The zero-order valence-corrected chi connectivity index (χ0v) is 16.2. The van der Waals surface area contributed by atoms with Gasteiger partial charge in [-0.2, -0.15) is 0 Å². The lowest BCUT2D eigenvalue weighted by atomic mass is 9.83. The van der Waals surface area contributed by atoms with Crippen molar-refractivity contribution >= 4 is 11.8 Å². The highest BCUT2D eigenvalue weighted by Gasteiger charge is 2.37. The van der Waals surface area contributed by atoms with Crippen LogP contribution in [0.3, 0.4) is 0 Å². The third-order valence-electron chi connectivity index (χ3n) is 6.48. The van der Waals surface area contributed by atoms with Gasteiger partial charge < -0.3 is 14.2 Å². The van der Waals surface area contributed by atoms with Gasteiger partial charge in [-0.05, 0) is 44.9 Å². The maximum absolute atomic E-state index is 12.8. The summed E-state index contributed by atoms with van der Waals surface area (Å²) in [5.74, 6) is 2.18. The largest absolute Gasteiger partial charge is 0.423 e. The third kappa shape index (κ3) is 3.73. The first-order valence-electron chi connectivity index (χ1n) is 10.6. The van der Waals surface area contributed by atoms with E-state index >= 15 is 0 Å². The number of nitrogens with zero attached hydrogens (tertiary/aromatic N) is 4. The molecule has 27 heavy (non-hydrogen) atoms. The minimum absolute atomic E-state index is 0.0603. The Kier molecular flexibility index (Phi) is 5.45. The quantitative estimate of drug-likeness (QED) is 0.809. The Morgan fingerprint density at radius 1 is 0.963 bits per heavy atom. The average molecular weight is 374 g/mol. The molecule has 1 aromatic rings. The molecular weight excluding hydrogens is 344 g/mol. The van der Waals surface area contributed by atoms with Gasteiger partial charge in [0.05, 0.1) is 0 Å². The van der Waals surface area contributed by atoms with E-state index in [1.807, 2.05) is 16.7 Å². The van der Waals surface area contributed by atoms with Gasteiger partial charge in [0.1, 0.15) is 6.04 Å². The van der Waals surface area contributed by atoms with Gasteiger partial charge in [0.15, 0.2) is 0 Å². The summed E-state index contributed by atoms with van der Waals surface area (Å²) in [5, 5.41) is 8.65. The highest BCUT2D eigenvalue weighted by molar-refractivity contribution is 5.80. The SMILES string of the molecule is CCC(=O)N1CCC(c2nnc(C3CCCCN3C(=O)C3CCC3)o2)CC1. The topological polar surface area (TPSA) is 79.5 Å². The molecule has 1 aromatic heterocycles. The monoisotopic (exact) mass is 374 g/mol.